The van der Waals surface area contributed by atoms with Crippen LogP contribution in [-0.2, 0) is 0 Å². The van der Waals surface area contributed by atoms with Gasteiger partial charge in [-0.3, -0.25) is 0 Å². The first-order chi connectivity index (χ1) is 12.2. The second-order valence-electron chi connectivity index (χ2n) is 7.73. The lowest BCUT2D eigenvalue weighted by atomic mass is 9.73. The molecule has 4 heteroatoms. The van der Waals surface area contributed by atoms with E-state index in [1.165, 1.54) is 48.1 Å². The minimum atomic E-state index is 0.587. The second kappa shape index (κ2) is 5.60. The Labute approximate surface area is 148 Å². The number of nitrogens with zero attached hydrogens (tertiary/aromatic N) is 3. The van der Waals surface area contributed by atoms with Gasteiger partial charge >= 0.3 is 0 Å². The highest BCUT2D eigenvalue weighted by Crippen LogP contribution is 2.37. The molecule has 0 atom stereocenters. The molecule has 5 rings (SSSR count). The van der Waals surface area contributed by atoms with Crippen LogP contribution in [0.15, 0.2) is 48.7 Å². The summed E-state index contributed by atoms with van der Waals surface area (Å²) >= 11 is 0. The van der Waals surface area contributed by atoms with Crippen LogP contribution in [0, 0.1) is 12.3 Å². The van der Waals surface area contributed by atoms with Crippen LogP contribution in [0.4, 0.5) is 5.69 Å². The fourth-order valence-corrected chi connectivity index (χ4v) is 4.24. The molecular weight excluding hydrogens is 308 g/mol. The molecule has 2 aliphatic rings. The van der Waals surface area contributed by atoms with Crippen LogP contribution in [0.1, 0.15) is 18.4 Å². The lowest BCUT2D eigenvalue weighted by Crippen LogP contribution is -2.58. The van der Waals surface area contributed by atoms with E-state index in [1.807, 2.05) is 6.20 Å². The third-order valence-electron chi connectivity index (χ3n) is 5.99. The number of rotatable bonds is 2. The zero-order chi connectivity index (χ0) is 16.9. The van der Waals surface area contributed by atoms with Gasteiger partial charge in [0.2, 0.25) is 0 Å². The molecule has 2 fully saturated rings. The summed E-state index contributed by atoms with van der Waals surface area (Å²) in [7, 11) is 0. The van der Waals surface area contributed by atoms with Gasteiger partial charge in [-0.05, 0) is 61.1 Å². The van der Waals surface area contributed by atoms with Crippen molar-refractivity contribution in [2.45, 2.75) is 19.8 Å². The summed E-state index contributed by atoms with van der Waals surface area (Å²) in [5, 5.41) is 9.27. The second-order valence-corrected chi connectivity index (χ2v) is 7.73. The predicted octanol–water partition coefficient (Wildman–Crippen LogP) is 3.52. The molecule has 3 aromatic rings. The van der Waals surface area contributed by atoms with Gasteiger partial charge in [-0.15, -0.1) is 0 Å². The van der Waals surface area contributed by atoms with Crippen molar-refractivity contribution in [1.29, 1.82) is 0 Å². The van der Waals surface area contributed by atoms with Crippen LogP contribution in [0.2, 0.25) is 0 Å². The molecule has 1 spiro atoms. The van der Waals surface area contributed by atoms with E-state index in [0.29, 0.717) is 5.41 Å². The van der Waals surface area contributed by atoms with Crippen molar-refractivity contribution < 1.29 is 0 Å². The van der Waals surface area contributed by atoms with Crippen LogP contribution >= 0.6 is 0 Å². The summed E-state index contributed by atoms with van der Waals surface area (Å²) in [4.78, 5) is 2.54. The zero-order valence-corrected chi connectivity index (χ0v) is 14.7. The molecule has 2 saturated heterocycles. The Kier molecular flexibility index (Phi) is 3.35. The number of benzene rings is 2. The van der Waals surface area contributed by atoms with Crippen molar-refractivity contribution in [2.75, 3.05) is 31.1 Å². The molecule has 4 nitrogen and oxygen atoms in total. The Morgan fingerprint density at radius 2 is 1.84 bits per heavy atom. The quantitative estimate of drug-likeness (QED) is 0.779. The number of aryl methyl sites for hydroxylation is 1. The molecular formula is C21H24N4. The van der Waals surface area contributed by atoms with E-state index in [9.17, 15) is 0 Å². The molecule has 0 aliphatic carbocycles. The first kappa shape index (κ1) is 15.0. The topological polar surface area (TPSA) is 33.1 Å². The minimum Gasteiger partial charge on any atom is -0.371 e. The number of piperidine rings is 1. The fraction of sp³-hybridized carbons (Fsp3) is 0.381. The molecule has 2 aromatic carbocycles. The van der Waals surface area contributed by atoms with Gasteiger partial charge in [-0.25, -0.2) is 4.68 Å². The summed E-state index contributed by atoms with van der Waals surface area (Å²) < 4.78 is 2.06. The molecule has 0 saturated carbocycles. The summed E-state index contributed by atoms with van der Waals surface area (Å²) in [6.07, 6.45) is 4.57. The van der Waals surface area contributed by atoms with Crippen molar-refractivity contribution in [2.24, 2.45) is 5.41 Å². The molecule has 0 radical (unpaired) electrons. The summed E-state index contributed by atoms with van der Waals surface area (Å²) in [5.74, 6) is 0. The Morgan fingerprint density at radius 3 is 2.56 bits per heavy atom. The van der Waals surface area contributed by atoms with Gasteiger partial charge in [0.15, 0.2) is 0 Å². The highest BCUT2D eigenvalue weighted by atomic mass is 15.3. The Bertz CT molecular complexity index is 913. The molecule has 0 bridgehead atoms. The molecule has 3 heterocycles. The van der Waals surface area contributed by atoms with Crippen LogP contribution in [-0.4, -0.2) is 36.0 Å². The molecule has 0 unspecified atom stereocenters. The van der Waals surface area contributed by atoms with E-state index < -0.39 is 0 Å². The number of aromatic nitrogens is 2. The Balaban J connectivity index is 1.48. The van der Waals surface area contributed by atoms with Gasteiger partial charge < -0.3 is 10.2 Å². The average Bonchev–Trinajstić information content (AvgIpc) is 3.04. The Hall–Kier alpha value is -2.33. The molecule has 0 amide bonds. The third-order valence-corrected chi connectivity index (χ3v) is 5.99. The maximum atomic E-state index is 4.63. The normalized spacial score (nSPS) is 19.3. The van der Waals surface area contributed by atoms with E-state index in [-0.39, 0.29) is 0 Å². The molecule has 2 aliphatic heterocycles. The summed E-state index contributed by atoms with van der Waals surface area (Å²) in [6, 6.07) is 15.3. The van der Waals surface area contributed by atoms with Gasteiger partial charge in [0.05, 0.1) is 17.4 Å². The highest BCUT2D eigenvalue weighted by Gasteiger charge is 2.39. The lowest BCUT2D eigenvalue weighted by Gasteiger charge is -2.49. The van der Waals surface area contributed by atoms with Gasteiger partial charge in [-0.1, -0.05) is 12.1 Å². The number of hydrogen-bond donors (Lipinski definition) is 1. The molecule has 128 valence electrons. The lowest BCUT2D eigenvalue weighted by molar-refractivity contribution is 0.126. The Morgan fingerprint density at radius 1 is 1.00 bits per heavy atom. The number of nitrogens with one attached hydrogen (secondary N) is 1. The first-order valence-electron chi connectivity index (χ1n) is 9.23. The van der Waals surface area contributed by atoms with Crippen molar-refractivity contribution >= 4 is 16.6 Å². The maximum absolute atomic E-state index is 4.63. The van der Waals surface area contributed by atoms with Crippen LogP contribution in [0.5, 0.6) is 0 Å². The van der Waals surface area contributed by atoms with E-state index in [4.69, 9.17) is 0 Å². The molecule has 25 heavy (non-hydrogen) atoms. The summed E-state index contributed by atoms with van der Waals surface area (Å²) in [5.41, 5.74) is 5.49. The zero-order valence-electron chi connectivity index (χ0n) is 14.7. The van der Waals surface area contributed by atoms with E-state index in [2.05, 4.69) is 69.4 Å². The predicted molar refractivity (Wildman–Crippen MR) is 103 cm³/mol. The highest BCUT2D eigenvalue weighted by molar-refractivity contribution is 5.84. The molecule has 1 aromatic heterocycles. The number of fused-ring (bicyclic) bond motifs is 1. The van der Waals surface area contributed by atoms with Crippen LogP contribution in [0.3, 0.4) is 0 Å². The largest absolute Gasteiger partial charge is 0.371 e. The van der Waals surface area contributed by atoms with E-state index in [0.717, 1.165) is 18.8 Å². The first-order valence-corrected chi connectivity index (χ1v) is 9.23. The monoisotopic (exact) mass is 332 g/mol. The van der Waals surface area contributed by atoms with E-state index in [1.54, 1.807) is 0 Å². The summed E-state index contributed by atoms with van der Waals surface area (Å²) in [6.45, 7) is 6.86. The fourth-order valence-electron chi connectivity index (χ4n) is 4.24. The van der Waals surface area contributed by atoms with Crippen molar-refractivity contribution in [3.8, 4) is 5.69 Å². The van der Waals surface area contributed by atoms with Crippen molar-refractivity contribution in [3.63, 3.8) is 0 Å². The van der Waals surface area contributed by atoms with Crippen molar-refractivity contribution in [1.82, 2.24) is 15.1 Å². The smallest absolute Gasteiger partial charge is 0.0761 e. The maximum Gasteiger partial charge on any atom is 0.0761 e. The average molecular weight is 332 g/mol. The van der Waals surface area contributed by atoms with Gasteiger partial charge in [-0.2, -0.15) is 5.10 Å². The standard InChI is InChI=1S/C21H24N4/c1-16-3-2-4-19(11-16)25-20-12-18(6-5-17(20)13-23-25)24-9-7-21(8-10-24)14-22-15-21/h2-6,11-13,22H,7-10,14-15H2,1H3. The number of anilines is 1. The van der Waals surface area contributed by atoms with E-state index >= 15 is 0 Å². The number of hydrogen-bond acceptors (Lipinski definition) is 3. The van der Waals surface area contributed by atoms with Crippen LogP contribution < -0.4 is 10.2 Å². The van der Waals surface area contributed by atoms with Gasteiger partial charge in [0.25, 0.3) is 0 Å². The SMILES string of the molecule is Cc1cccc(-n2ncc3ccc(N4CCC5(CC4)CNC5)cc32)c1. The minimum absolute atomic E-state index is 0.587. The third kappa shape index (κ3) is 2.52. The molecule has 1 N–H and O–H groups in total. The van der Waals surface area contributed by atoms with Crippen molar-refractivity contribution in [3.05, 3.63) is 54.2 Å². The van der Waals surface area contributed by atoms with Crippen LogP contribution in [0.25, 0.3) is 16.6 Å². The van der Waals surface area contributed by atoms with Gasteiger partial charge in [0, 0.05) is 37.3 Å². The van der Waals surface area contributed by atoms with Gasteiger partial charge in [0.1, 0.15) is 0 Å².